The fourth-order valence-electron chi connectivity index (χ4n) is 3.78. The number of carbonyl (C=O) groups excluding carboxylic acids is 1. The number of carbonyl (C=O) groups is 1. The summed E-state index contributed by atoms with van der Waals surface area (Å²) >= 11 is 0. The monoisotopic (exact) mass is 453 g/mol. The summed E-state index contributed by atoms with van der Waals surface area (Å²) < 4.78 is 25.2. The van der Waals surface area contributed by atoms with Crippen molar-refractivity contribution in [3.63, 3.8) is 0 Å². The van der Waals surface area contributed by atoms with Crippen LogP contribution >= 0.6 is 0 Å². The predicted molar refractivity (Wildman–Crippen MR) is 118 cm³/mol. The van der Waals surface area contributed by atoms with Gasteiger partial charge in [-0.2, -0.15) is 0 Å². The van der Waals surface area contributed by atoms with Gasteiger partial charge < -0.3 is 14.1 Å². The van der Waals surface area contributed by atoms with Gasteiger partial charge in [0.1, 0.15) is 23.9 Å². The third kappa shape index (κ3) is 5.38. The number of halogens is 1. The normalized spacial score (nSPS) is 14.3. The van der Waals surface area contributed by atoms with Crippen molar-refractivity contribution < 1.29 is 23.3 Å². The largest absolute Gasteiger partial charge is 0.486 e. The highest BCUT2D eigenvalue weighted by Crippen LogP contribution is 2.24. The molecule has 0 N–H and O–H groups in total. The quantitative estimate of drug-likeness (QED) is 0.394. The van der Waals surface area contributed by atoms with Gasteiger partial charge in [-0.25, -0.2) is 4.39 Å². The van der Waals surface area contributed by atoms with Crippen molar-refractivity contribution in [3.05, 3.63) is 93.2 Å². The molecule has 0 atom stereocenters. The fraction of sp³-hybridized carbons (Fsp3) is 0.292. The number of nitro groups is 1. The summed E-state index contributed by atoms with van der Waals surface area (Å²) in [6.45, 7) is 4.61. The number of aryl methyl sites for hydroxylation is 1. The van der Waals surface area contributed by atoms with E-state index >= 15 is 0 Å². The number of benzene rings is 2. The van der Waals surface area contributed by atoms with E-state index in [-0.39, 0.29) is 29.8 Å². The first-order valence-electron chi connectivity index (χ1n) is 10.6. The average Bonchev–Trinajstić information content (AvgIpc) is 3.28. The van der Waals surface area contributed by atoms with Gasteiger partial charge in [-0.15, -0.1) is 0 Å². The van der Waals surface area contributed by atoms with Crippen molar-refractivity contribution >= 4 is 11.6 Å². The summed E-state index contributed by atoms with van der Waals surface area (Å²) in [7, 11) is 0. The molecule has 3 aromatic rings. The highest BCUT2D eigenvalue weighted by Gasteiger charge is 2.25. The standard InChI is InChI=1S/C24H24FN3O5/c1-17-14-19(6-8-22(17)28(30)31)32-16-20-7-9-23(33-20)24(29)27-12-10-26(11-13-27)15-18-4-2-3-5-21(18)25/h2-9,14H,10-13,15-16H2,1H3. The number of furan rings is 1. The van der Waals surface area contributed by atoms with E-state index in [4.69, 9.17) is 9.15 Å². The maximum Gasteiger partial charge on any atom is 0.289 e. The number of nitrogens with zero attached hydrogens (tertiary/aromatic N) is 3. The van der Waals surface area contributed by atoms with Gasteiger partial charge in [0.05, 0.1) is 4.92 Å². The molecule has 1 aliphatic heterocycles. The molecule has 0 spiro atoms. The number of piperazine rings is 1. The molecule has 0 aliphatic carbocycles. The zero-order valence-corrected chi connectivity index (χ0v) is 18.2. The molecule has 1 aliphatic rings. The molecule has 0 unspecified atom stereocenters. The minimum Gasteiger partial charge on any atom is -0.486 e. The van der Waals surface area contributed by atoms with Crippen molar-refractivity contribution in [1.29, 1.82) is 0 Å². The Hall–Kier alpha value is -3.72. The van der Waals surface area contributed by atoms with Crippen molar-refractivity contribution in [2.75, 3.05) is 26.2 Å². The molecule has 9 heteroatoms. The van der Waals surface area contributed by atoms with Crippen LogP contribution in [0.5, 0.6) is 5.75 Å². The Bertz CT molecular complexity index is 1150. The molecule has 1 aromatic heterocycles. The van der Waals surface area contributed by atoms with E-state index in [1.165, 1.54) is 18.2 Å². The fourth-order valence-corrected chi connectivity index (χ4v) is 3.78. The molecule has 0 bridgehead atoms. The molecule has 172 valence electrons. The Morgan fingerprint density at radius 3 is 2.58 bits per heavy atom. The van der Waals surface area contributed by atoms with E-state index in [1.54, 1.807) is 42.2 Å². The van der Waals surface area contributed by atoms with Crippen LogP contribution in [0, 0.1) is 22.9 Å². The van der Waals surface area contributed by atoms with E-state index in [9.17, 15) is 19.3 Å². The summed E-state index contributed by atoms with van der Waals surface area (Å²) in [6.07, 6.45) is 0. The SMILES string of the molecule is Cc1cc(OCc2ccc(C(=O)N3CCN(Cc4ccccc4F)CC3)o2)ccc1[N+](=O)[O-]. The van der Waals surface area contributed by atoms with Crippen LogP contribution in [0.2, 0.25) is 0 Å². The maximum atomic E-state index is 13.9. The minimum absolute atomic E-state index is 0.0298. The van der Waals surface area contributed by atoms with Crippen LogP contribution < -0.4 is 4.74 Å². The molecule has 0 radical (unpaired) electrons. The van der Waals surface area contributed by atoms with E-state index in [1.807, 2.05) is 6.07 Å². The Morgan fingerprint density at radius 1 is 1.12 bits per heavy atom. The Morgan fingerprint density at radius 2 is 1.88 bits per heavy atom. The van der Waals surface area contributed by atoms with E-state index < -0.39 is 4.92 Å². The second kappa shape index (κ2) is 9.83. The van der Waals surface area contributed by atoms with E-state index in [0.717, 1.165) is 0 Å². The highest BCUT2D eigenvalue weighted by molar-refractivity contribution is 5.91. The molecular formula is C24H24FN3O5. The highest BCUT2D eigenvalue weighted by atomic mass is 19.1. The van der Waals surface area contributed by atoms with Gasteiger partial charge in [-0.3, -0.25) is 19.8 Å². The molecule has 33 heavy (non-hydrogen) atoms. The summed E-state index contributed by atoms with van der Waals surface area (Å²) in [5, 5.41) is 10.9. The lowest BCUT2D eigenvalue weighted by molar-refractivity contribution is -0.385. The summed E-state index contributed by atoms with van der Waals surface area (Å²) in [4.78, 5) is 27.1. The van der Waals surface area contributed by atoms with Crippen molar-refractivity contribution in [3.8, 4) is 5.75 Å². The molecule has 8 nitrogen and oxygen atoms in total. The average molecular weight is 453 g/mol. The van der Waals surface area contributed by atoms with Gasteiger partial charge in [-0.05, 0) is 37.3 Å². The first-order valence-corrected chi connectivity index (χ1v) is 10.6. The van der Waals surface area contributed by atoms with Gasteiger partial charge in [0.2, 0.25) is 0 Å². The molecule has 2 heterocycles. The van der Waals surface area contributed by atoms with Crippen LogP contribution in [0.1, 0.15) is 27.4 Å². The molecule has 1 saturated heterocycles. The van der Waals surface area contributed by atoms with Crippen LogP contribution in [0.4, 0.5) is 10.1 Å². The zero-order valence-electron chi connectivity index (χ0n) is 18.2. The Labute approximate surface area is 190 Å². The number of nitro benzene ring substituents is 1. The van der Waals surface area contributed by atoms with Gasteiger partial charge >= 0.3 is 0 Å². The van der Waals surface area contributed by atoms with E-state index in [0.29, 0.717) is 55.4 Å². The third-order valence-electron chi connectivity index (χ3n) is 5.63. The number of ether oxygens (including phenoxy) is 1. The number of hydrogen-bond acceptors (Lipinski definition) is 6. The molecule has 0 saturated carbocycles. The Balaban J connectivity index is 1.29. The smallest absolute Gasteiger partial charge is 0.289 e. The molecular weight excluding hydrogens is 429 g/mol. The molecule has 4 rings (SSSR count). The predicted octanol–water partition coefficient (Wildman–Crippen LogP) is 4.17. The van der Waals surface area contributed by atoms with Gasteiger partial charge in [0.25, 0.3) is 11.6 Å². The third-order valence-corrected chi connectivity index (χ3v) is 5.63. The number of rotatable bonds is 7. The van der Waals surface area contributed by atoms with E-state index in [2.05, 4.69) is 4.90 Å². The first kappa shape index (κ1) is 22.5. The van der Waals surface area contributed by atoms with Crippen LogP contribution in [0.25, 0.3) is 0 Å². The maximum absolute atomic E-state index is 13.9. The van der Waals surface area contributed by atoms with Crippen molar-refractivity contribution in [1.82, 2.24) is 9.80 Å². The van der Waals surface area contributed by atoms with Gasteiger partial charge in [-0.1, -0.05) is 18.2 Å². The van der Waals surface area contributed by atoms with Crippen LogP contribution in [-0.4, -0.2) is 46.8 Å². The van der Waals surface area contributed by atoms with Crippen LogP contribution in [-0.2, 0) is 13.2 Å². The van der Waals surface area contributed by atoms with Crippen molar-refractivity contribution in [2.24, 2.45) is 0 Å². The number of hydrogen-bond donors (Lipinski definition) is 0. The molecule has 2 aromatic carbocycles. The van der Waals surface area contributed by atoms with Gasteiger partial charge in [0.15, 0.2) is 5.76 Å². The first-order chi connectivity index (χ1) is 15.9. The molecule has 1 fully saturated rings. The lowest BCUT2D eigenvalue weighted by Crippen LogP contribution is -2.48. The minimum atomic E-state index is -0.441. The Kier molecular flexibility index (Phi) is 6.69. The zero-order chi connectivity index (χ0) is 23.4. The van der Waals surface area contributed by atoms with Crippen LogP contribution in [0.3, 0.4) is 0 Å². The second-order valence-electron chi connectivity index (χ2n) is 7.92. The summed E-state index contributed by atoms with van der Waals surface area (Å²) in [5.41, 5.74) is 1.18. The summed E-state index contributed by atoms with van der Waals surface area (Å²) in [6, 6.07) is 14.5. The summed E-state index contributed by atoms with van der Waals surface area (Å²) in [5.74, 6) is 0.778. The second-order valence-corrected chi connectivity index (χ2v) is 7.92. The topological polar surface area (TPSA) is 89.1 Å². The number of amides is 1. The lowest BCUT2D eigenvalue weighted by atomic mass is 10.2. The van der Waals surface area contributed by atoms with Crippen molar-refractivity contribution in [2.45, 2.75) is 20.1 Å². The van der Waals surface area contributed by atoms with Gasteiger partial charge in [0, 0.05) is 49.9 Å². The van der Waals surface area contributed by atoms with Crippen LogP contribution in [0.15, 0.2) is 59.0 Å². The lowest BCUT2D eigenvalue weighted by Gasteiger charge is -2.34. The molecule has 1 amide bonds.